The Kier molecular flexibility index (Phi) is 7.51. The molecule has 0 spiro atoms. The van der Waals surface area contributed by atoms with E-state index in [2.05, 4.69) is 46.6 Å². The molecule has 5 heteroatoms. The van der Waals surface area contributed by atoms with Crippen LogP contribution in [0.4, 0.5) is 5.69 Å². The van der Waals surface area contributed by atoms with Gasteiger partial charge < -0.3 is 19.7 Å². The van der Waals surface area contributed by atoms with Gasteiger partial charge in [-0.05, 0) is 73.7 Å². The van der Waals surface area contributed by atoms with E-state index in [9.17, 15) is 4.79 Å². The monoisotopic (exact) mass is 444 g/mol. The molecule has 0 bridgehead atoms. The zero-order valence-corrected chi connectivity index (χ0v) is 19.5. The van der Waals surface area contributed by atoms with E-state index in [1.54, 1.807) is 0 Å². The Morgan fingerprint density at radius 3 is 2.42 bits per heavy atom. The first kappa shape index (κ1) is 22.7. The number of rotatable bonds is 9. The molecule has 1 aliphatic heterocycles. The summed E-state index contributed by atoms with van der Waals surface area (Å²) in [6, 6.07) is 22.3. The minimum Gasteiger partial charge on any atom is -0.490 e. The molecule has 0 unspecified atom stereocenters. The number of hydrogen-bond donors (Lipinski definition) is 1. The van der Waals surface area contributed by atoms with Crippen molar-refractivity contribution in [3.63, 3.8) is 0 Å². The Morgan fingerprint density at radius 2 is 1.64 bits per heavy atom. The zero-order valence-electron chi connectivity index (χ0n) is 19.5. The molecule has 0 radical (unpaired) electrons. The van der Waals surface area contributed by atoms with E-state index in [0.717, 1.165) is 30.8 Å². The summed E-state index contributed by atoms with van der Waals surface area (Å²) in [5.41, 5.74) is 5.58. The molecule has 3 aromatic carbocycles. The van der Waals surface area contributed by atoms with Crippen molar-refractivity contribution in [3.8, 4) is 11.5 Å². The second kappa shape index (κ2) is 10.9. The van der Waals surface area contributed by atoms with Crippen LogP contribution in [0.3, 0.4) is 0 Å². The highest BCUT2D eigenvalue weighted by Gasteiger charge is 2.16. The van der Waals surface area contributed by atoms with Crippen molar-refractivity contribution in [3.05, 3.63) is 89.0 Å². The quantitative estimate of drug-likeness (QED) is 0.482. The normalized spacial score (nSPS) is 12.7. The molecule has 33 heavy (non-hydrogen) atoms. The lowest BCUT2D eigenvalue weighted by Gasteiger charge is -2.31. The van der Waals surface area contributed by atoms with Gasteiger partial charge in [-0.1, -0.05) is 36.4 Å². The highest BCUT2D eigenvalue weighted by atomic mass is 16.5. The summed E-state index contributed by atoms with van der Waals surface area (Å²) >= 11 is 0. The maximum Gasteiger partial charge on any atom is 0.251 e. The van der Waals surface area contributed by atoms with Crippen LogP contribution in [0.15, 0.2) is 66.7 Å². The van der Waals surface area contributed by atoms with Crippen molar-refractivity contribution in [2.75, 3.05) is 24.7 Å². The number of hydrogen-bond acceptors (Lipinski definition) is 4. The number of nitrogens with zero attached hydrogens (tertiary/aromatic N) is 1. The Bertz CT molecular complexity index is 1080. The van der Waals surface area contributed by atoms with E-state index in [1.165, 1.54) is 23.2 Å². The highest BCUT2D eigenvalue weighted by molar-refractivity contribution is 5.94. The van der Waals surface area contributed by atoms with E-state index >= 15 is 0 Å². The van der Waals surface area contributed by atoms with Crippen molar-refractivity contribution < 1.29 is 14.3 Å². The van der Waals surface area contributed by atoms with Crippen LogP contribution in [0.1, 0.15) is 47.3 Å². The van der Waals surface area contributed by atoms with Gasteiger partial charge in [0, 0.05) is 30.9 Å². The molecular formula is C28H32N2O3. The molecule has 1 N–H and O–H groups in total. The van der Waals surface area contributed by atoms with Gasteiger partial charge in [-0.3, -0.25) is 4.79 Å². The second-order valence-electron chi connectivity index (χ2n) is 8.18. The maximum atomic E-state index is 12.7. The SMILES string of the molecule is CCOc1ccc(CNC(=O)c2ccc(CN3CCCc4ccccc43)cc2)cc1OCC. The first-order valence-corrected chi connectivity index (χ1v) is 11.8. The van der Waals surface area contributed by atoms with Gasteiger partial charge in [0.25, 0.3) is 5.91 Å². The molecule has 0 aromatic heterocycles. The molecule has 4 rings (SSSR count). The fourth-order valence-electron chi connectivity index (χ4n) is 4.25. The van der Waals surface area contributed by atoms with Gasteiger partial charge in [0.15, 0.2) is 11.5 Å². The third-order valence-electron chi connectivity index (χ3n) is 5.86. The van der Waals surface area contributed by atoms with Crippen molar-refractivity contribution in [2.24, 2.45) is 0 Å². The van der Waals surface area contributed by atoms with E-state index in [0.29, 0.717) is 31.1 Å². The fraction of sp³-hybridized carbons (Fsp3) is 0.321. The van der Waals surface area contributed by atoms with E-state index in [4.69, 9.17) is 9.47 Å². The smallest absolute Gasteiger partial charge is 0.251 e. The Hall–Kier alpha value is -3.47. The lowest BCUT2D eigenvalue weighted by atomic mass is 10.0. The van der Waals surface area contributed by atoms with Crippen molar-refractivity contribution in [2.45, 2.75) is 39.8 Å². The van der Waals surface area contributed by atoms with Crippen LogP contribution in [-0.2, 0) is 19.5 Å². The number of nitrogens with one attached hydrogen (secondary N) is 1. The summed E-state index contributed by atoms with van der Waals surface area (Å²) in [6.07, 6.45) is 2.32. The minimum atomic E-state index is -0.0864. The average Bonchev–Trinajstić information content (AvgIpc) is 2.85. The molecule has 1 amide bonds. The van der Waals surface area contributed by atoms with Gasteiger partial charge in [0.1, 0.15) is 0 Å². The number of para-hydroxylation sites is 1. The molecule has 1 heterocycles. The number of fused-ring (bicyclic) bond motifs is 1. The number of anilines is 1. The van der Waals surface area contributed by atoms with Gasteiger partial charge in [0.2, 0.25) is 0 Å². The summed E-state index contributed by atoms with van der Waals surface area (Å²) in [5.74, 6) is 1.34. The van der Waals surface area contributed by atoms with Crippen LogP contribution in [0.5, 0.6) is 11.5 Å². The summed E-state index contributed by atoms with van der Waals surface area (Å²) in [6.45, 7) is 7.37. The predicted molar refractivity (Wildman–Crippen MR) is 132 cm³/mol. The van der Waals surface area contributed by atoms with Crippen molar-refractivity contribution >= 4 is 11.6 Å². The van der Waals surface area contributed by atoms with Gasteiger partial charge >= 0.3 is 0 Å². The zero-order chi connectivity index (χ0) is 23.0. The number of carbonyl (C=O) groups excluding carboxylic acids is 1. The molecule has 0 saturated carbocycles. The van der Waals surface area contributed by atoms with E-state index < -0.39 is 0 Å². The van der Waals surface area contributed by atoms with Crippen LogP contribution in [0.2, 0.25) is 0 Å². The maximum absolute atomic E-state index is 12.7. The topological polar surface area (TPSA) is 50.8 Å². The molecule has 3 aromatic rings. The average molecular weight is 445 g/mol. The first-order chi connectivity index (χ1) is 16.2. The highest BCUT2D eigenvalue weighted by Crippen LogP contribution is 2.29. The number of carbonyl (C=O) groups is 1. The summed E-state index contributed by atoms with van der Waals surface area (Å²) in [7, 11) is 0. The lowest BCUT2D eigenvalue weighted by molar-refractivity contribution is 0.0951. The van der Waals surface area contributed by atoms with Crippen LogP contribution in [0.25, 0.3) is 0 Å². The standard InChI is InChI=1S/C28H32N2O3/c1-3-32-26-16-13-22(18-27(26)33-4-2)19-29-28(31)24-14-11-21(12-15-24)20-30-17-7-9-23-8-5-6-10-25(23)30/h5-6,8,10-16,18H,3-4,7,9,17,19-20H2,1-2H3,(H,29,31). The van der Waals surface area contributed by atoms with Crippen LogP contribution < -0.4 is 19.7 Å². The third-order valence-corrected chi connectivity index (χ3v) is 5.86. The lowest BCUT2D eigenvalue weighted by Crippen LogP contribution is -2.28. The summed E-state index contributed by atoms with van der Waals surface area (Å²) in [4.78, 5) is 15.1. The Labute approximate surface area is 196 Å². The number of aryl methyl sites for hydroxylation is 1. The molecule has 0 atom stereocenters. The molecular weight excluding hydrogens is 412 g/mol. The van der Waals surface area contributed by atoms with E-state index in [-0.39, 0.29) is 5.91 Å². The Morgan fingerprint density at radius 1 is 0.909 bits per heavy atom. The fourth-order valence-corrected chi connectivity index (χ4v) is 4.25. The van der Waals surface area contributed by atoms with Gasteiger partial charge in [-0.2, -0.15) is 0 Å². The number of benzene rings is 3. The summed E-state index contributed by atoms with van der Waals surface area (Å²) < 4.78 is 11.3. The van der Waals surface area contributed by atoms with Crippen LogP contribution in [0, 0.1) is 0 Å². The van der Waals surface area contributed by atoms with Crippen molar-refractivity contribution in [1.82, 2.24) is 5.32 Å². The molecule has 172 valence electrons. The van der Waals surface area contributed by atoms with Gasteiger partial charge in [0.05, 0.1) is 13.2 Å². The molecule has 5 nitrogen and oxygen atoms in total. The van der Waals surface area contributed by atoms with Crippen LogP contribution >= 0.6 is 0 Å². The predicted octanol–water partition coefficient (Wildman–Crippen LogP) is 5.37. The van der Waals surface area contributed by atoms with Crippen molar-refractivity contribution in [1.29, 1.82) is 0 Å². The largest absolute Gasteiger partial charge is 0.490 e. The van der Waals surface area contributed by atoms with Crippen LogP contribution in [-0.4, -0.2) is 25.7 Å². The minimum absolute atomic E-state index is 0.0864. The van der Waals surface area contributed by atoms with Gasteiger partial charge in [-0.25, -0.2) is 0 Å². The van der Waals surface area contributed by atoms with Gasteiger partial charge in [-0.15, -0.1) is 0 Å². The third kappa shape index (κ3) is 5.67. The molecule has 0 saturated heterocycles. The molecule has 0 aliphatic carbocycles. The van der Waals surface area contributed by atoms with E-state index in [1.807, 2.05) is 44.2 Å². The molecule has 1 aliphatic rings. The molecule has 0 fully saturated rings. The second-order valence-corrected chi connectivity index (χ2v) is 8.18. The summed E-state index contributed by atoms with van der Waals surface area (Å²) in [5, 5.41) is 3.00. The number of ether oxygens (including phenoxy) is 2. The first-order valence-electron chi connectivity index (χ1n) is 11.8. The Balaban J connectivity index is 1.36. The number of amides is 1.